The van der Waals surface area contributed by atoms with Crippen LogP contribution in [-0.4, -0.2) is 27.5 Å². The Labute approximate surface area is 123 Å². The molecule has 4 nitrogen and oxygen atoms in total. The number of nitrogens with one attached hydrogen (secondary N) is 2. The Morgan fingerprint density at radius 1 is 1.42 bits per heavy atom. The molecule has 106 valence electrons. The quantitative estimate of drug-likeness (QED) is 0.880. The number of halogens is 1. The molecule has 1 heterocycles. The molecule has 1 aromatic rings. The molecule has 0 spiro atoms. The fourth-order valence-corrected chi connectivity index (χ4v) is 4.62. The average molecular weight is 347 g/mol. The Bertz CT molecular complexity index is 560. The fraction of sp³-hybridized carbons (Fsp3) is 0.538. The molecule has 1 aromatic carbocycles. The second-order valence-electron chi connectivity index (χ2n) is 5.13. The fourth-order valence-electron chi connectivity index (χ4n) is 2.23. The maximum Gasteiger partial charge on any atom is 0.242 e. The van der Waals surface area contributed by atoms with Crippen molar-refractivity contribution in [3.8, 4) is 0 Å². The van der Waals surface area contributed by atoms with Gasteiger partial charge >= 0.3 is 0 Å². The molecule has 0 bridgehead atoms. The third kappa shape index (κ3) is 3.56. The lowest BCUT2D eigenvalue weighted by atomic mass is 9.96. The molecule has 0 aliphatic carbocycles. The summed E-state index contributed by atoms with van der Waals surface area (Å²) in [5.41, 5.74) is 0.929. The van der Waals surface area contributed by atoms with Gasteiger partial charge in [-0.1, -0.05) is 13.0 Å². The lowest BCUT2D eigenvalue weighted by Crippen LogP contribution is -2.50. The molecule has 0 aromatic heterocycles. The highest BCUT2D eigenvalue weighted by Gasteiger charge is 2.27. The van der Waals surface area contributed by atoms with E-state index < -0.39 is 10.0 Å². The number of benzene rings is 1. The summed E-state index contributed by atoms with van der Waals surface area (Å²) < 4.78 is 28.3. The molecule has 1 saturated heterocycles. The Hall–Kier alpha value is -0.430. The van der Waals surface area contributed by atoms with Crippen molar-refractivity contribution in [2.24, 2.45) is 5.92 Å². The van der Waals surface area contributed by atoms with E-state index in [1.807, 2.05) is 13.0 Å². The largest absolute Gasteiger partial charge is 0.315 e. The van der Waals surface area contributed by atoms with Crippen LogP contribution in [-0.2, 0) is 10.0 Å². The molecule has 0 amide bonds. The molecule has 19 heavy (non-hydrogen) atoms. The van der Waals surface area contributed by atoms with Crippen LogP contribution in [0.1, 0.15) is 18.9 Å². The first-order valence-corrected chi connectivity index (χ1v) is 8.67. The van der Waals surface area contributed by atoms with E-state index >= 15 is 0 Å². The summed E-state index contributed by atoms with van der Waals surface area (Å²) in [5, 5.41) is 3.23. The summed E-state index contributed by atoms with van der Waals surface area (Å²) in [7, 11) is -3.48. The topological polar surface area (TPSA) is 58.2 Å². The van der Waals surface area contributed by atoms with Crippen LogP contribution >= 0.6 is 15.9 Å². The van der Waals surface area contributed by atoms with Crippen molar-refractivity contribution >= 4 is 26.0 Å². The first kappa shape index (κ1) is 15.0. The molecule has 2 unspecified atom stereocenters. The summed E-state index contributed by atoms with van der Waals surface area (Å²) in [6.07, 6.45) is 0.988. The van der Waals surface area contributed by atoms with Crippen LogP contribution < -0.4 is 10.0 Å². The number of hydrogen-bond donors (Lipinski definition) is 2. The molecule has 0 radical (unpaired) electrons. The number of aryl methyl sites for hydroxylation is 1. The van der Waals surface area contributed by atoms with Crippen molar-refractivity contribution in [3.05, 3.63) is 28.2 Å². The Kier molecular flexibility index (Phi) is 4.66. The van der Waals surface area contributed by atoms with Gasteiger partial charge in [0.15, 0.2) is 0 Å². The van der Waals surface area contributed by atoms with Crippen LogP contribution in [0.4, 0.5) is 0 Å². The van der Waals surface area contributed by atoms with Crippen molar-refractivity contribution < 1.29 is 8.42 Å². The van der Waals surface area contributed by atoms with Crippen LogP contribution in [0, 0.1) is 12.8 Å². The van der Waals surface area contributed by atoms with Gasteiger partial charge in [-0.3, -0.25) is 0 Å². The number of hydrogen-bond acceptors (Lipinski definition) is 3. The van der Waals surface area contributed by atoms with E-state index in [0.29, 0.717) is 21.8 Å². The normalized spacial score (nSPS) is 24.4. The predicted octanol–water partition coefficient (Wildman–Crippen LogP) is 2.03. The summed E-state index contributed by atoms with van der Waals surface area (Å²) >= 11 is 3.31. The van der Waals surface area contributed by atoms with Crippen LogP contribution in [0.25, 0.3) is 0 Å². The zero-order valence-electron chi connectivity index (χ0n) is 11.1. The number of rotatable bonds is 3. The Morgan fingerprint density at radius 2 is 2.16 bits per heavy atom. The summed E-state index contributed by atoms with van der Waals surface area (Å²) in [4.78, 5) is 0.310. The van der Waals surface area contributed by atoms with E-state index in [9.17, 15) is 8.42 Å². The van der Waals surface area contributed by atoms with Crippen LogP contribution in [0.5, 0.6) is 0 Å². The molecule has 2 N–H and O–H groups in total. The molecule has 1 aliphatic heterocycles. The van der Waals surface area contributed by atoms with Crippen LogP contribution in [0.2, 0.25) is 0 Å². The van der Waals surface area contributed by atoms with Crippen molar-refractivity contribution in [2.45, 2.75) is 31.2 Å². The van der Waals surface area contributed by atoms with E-state index in [4.69, 9.17) is 0 Å². The minimum atomic E-state index is -3.48. The average Bonchev–Trinajstić information content (AvgIpc) is 2.35. The van der Waals surface area contributed by atoms with Gasteiger partial charge in [0.25, 0.3) is 0 Å². The van der Waals surface area contributed by atoms with Gasteiger partial charge in [-0.25, -0.2) is 13.1 Å². The highest BCUT2D eigenvalue weighted by molar-refractivity contribution is 9.10. The zero-order chi connectivity index (χ0) is 14.0. The van der Waals surface area contributed by atoms with Crippen molar-refractivity contribution in [1.29, 1.82) is 0 Å². The highest BCUT2D eigenvalue weighted by atomic mass is 79.9. The van der Waals surface area contributed by atoms with Gasteiger partial charge in [0, 0.05) is 17.1 Å². The second-order valence-corrected chi connectivity index (χ2v) is 7.67. The maximum atomic E-state index is 12.5. The van der Waals surface area contributed by atoms with E-state index in [-0.39, 0.29) is 6.04 Å². The van der Waals surface area contributed by atoms with Gasteiger partial charge < -0.3 is 5.32 Å². The second kappa shape index (κ2) is 5.91. The number of sulfonamides is 1. The van der Waals surface area contributed by atoms with Gasteiger partial charge in [-0.05, 0) is 59.4 Å². The van der Waals surface area contributed by atoms with Crippen molar-refractivity contribution in [2.75, 3.05) is 13.1 Å². The third-order valence-corrected chi connectivity index (χ3v) is 5.99. The van der Waals surface area contributed by atoms with Gasteiger partial charge in [0.2, 0.25) is 10.0 Å². The molecular weight excluding hydrogens is 328 g/mol. The molecule has 1 fully saturated rings. The lowest BCUT2D eigenvalue weighted by Gasteiger charge is -2.30. The standard InChI is InChI=1S/C13H19BrN2O2S/c1-9-3-4-11(14)13(7-9)19(17,18)16-12-8-15-6-5-10(12)2/h3-4,7,10,12,15-16H,5-6,8H2,1-2H3. The zero-order valence-corrected chi connectivity index (χ0v) is 13.5. The van der Waals surface area contributed by atoms with Gasteiger partial charge in [-0.15, -0.1) is 0 Å². The van der Waals surface area contributed by atoms with Crippen molar-refractivity contribution in [3.63, 3.8) is 0 Å². The van der Waals surface area contributed by atoms with E-state index in [1.165, 1.54) is 0 Å². The molecule has 2 rings (SSSR count). The lowest BCUT2D eigenvalue weighted by molar-refractivity contribution is 0.327. The minimum absolute atomic E-state index is 0.0498. The van der Waals surface area contributed by atoms with Gasteiger partial charge in [0.1, 0.15) is 0 Å². The van der Waals surface area contributed by atoms with Crippen molar-refractivity contribution in [1.82, 2.24) is 10.0 Å². The van der Waals surface area contributed by atoms with E-state index in [0.717, 1.165) is 18.5 Å². The van der Waals surface area contributed by atoms with Crippen LogP contribution in [0.3, 0.4) is 0 Å². The molecule has 1 aliphatic rings. The molecular formula is C13H19BrN2O2S. The Morgan fingerprint density at radius 3 is 2.84 bits per heavy atom. The third-order valence-electron chi connectivity index (χ3n) is 3.51. The summed E-state index contributed by atoms with van der Waals surface area (Å²) in [6, 6.07) is 5.29. The summed E-state index contributed by atoms with van der Waals surface area (Å²) in [6.45, 7) is 5.60. The SMILES string of the molecule is Cc1ccc(Br)c(S(=O)(=O)NC2CNCCC2C)c1. The first-order chi connectivity index (χ1) is 8.90. The van der Waals surface area contributed by atoms with Gasteiger partial charge in [0.05, 0.1) is 4.90 Å². The predicted molar refractivity (Wildman–Crippen MR) is 79.6 cm³/mol. The monoisotopic (exact) mass is 346 g/mol. The molecule has 2 atom stereocenters. The Balaban J connectivity index is 2.24. The molecule has 0 saturated carbocycles. The minimum Gasteiger partial charge on any atom is -0.315 e. The van der Waals surface area contributed by atoms with Crippen LogP contribution in [0.15, 0.2) is 27.6 Å². The first-order valence-electron chi connectivity index (χ1n) is 6.39. The van der Waals surface area contributed by atoms with Gasteiger partial charge in [-0.2, -0.15) is 0 Å². The van der Waals surface area contributed by atoms with E-state index in [1.54, 1.807) is 12.1 Å². The smallest absolute Gasteiger partial charge is 0.242 e. The summed E-state index contributed by atoms with van der Waals surface area (Å²) in [5.74, 6) is 0.347. The maximum absolute atomic E-state index is 12.5. The number of piperidine rings is 1. The highest BCUT2D eigenvalue weighted by Crippen LogP contribution is 2.24. The van der Waals surface area contributed by atoms with E-state index in [2.05, 4.69) is 32.9 Å². The molecule has 6 heteroatoms.